The van der Waals surface area contributed by atoms with Crippen LogP contribution in [-0.2, 0) is 28.6 Å². The molecule has 0 heterocycles. The van der Waals surface area contributed by atoms with E-state index in [0.29, 0.717) is 12.8 Å². The lowest BCUT2D eigenvalue weighted by Gasteiger charge is -2.18. The first-order valence-corrected chi connectivity index (χ1v) is 34.4. The van der Waals surface area contributed by atoms with E-state index in [2.05, 4.69) is 118 Å². The Labute approximate surface area is 501 Å². The van der Waals surface area contributed by atoms with Crippen LogP contribution in [0.5, 0.6) is 0 Å². The number of carbonyl (C=O) groups is 3. The maximum Gasteiger partial charge on any atom is 0.309 e. The molecule has 6 heteroatoms. The SMILES string of the molecule is CC/C=C\C/C=C\C/C=C\C/C=C\C/C=C\CC(=O)OCC(COC(=O)CCCCCCCCCCCCCC/C=C\C/C=C\C/C=C\CCCCCCC)OC(=O)CCCCCCCCCCC/C=C\CCCCCCCCCC. The van der Waals surface area contributed by atoms with Gasteiger partial charge in [0.15, 0.2) is 6.10 Å². The van der Waals surface area contributed by atoms with Crippen molar-refractivity contribution in [3.63, 3.8) is 0 Å². The summed E-state index contributed by atoms with van der Waals surface area (Å²) in [5.74, 6) is -1.04. The number of allylic oxidation sites excluding steroid dienone is 17. The second-order valence-electron chi connectivity index (χ2n) is 22.7. The highest BCUT2D eigenvalue weighted by Gasteiger charge is 2.19. The highest BCUT2D eigenvalue weighted by Crippen LogP contribution is 2.16. The molecule has 0 aromatic carbocycles. The van der Waals surface area contributed by atoms with Crippen LogP contribution in [0.4, 0.5) is 0 Å². The minimum absolute atomic E-state index is 0.109. The summed E-state index contributed by atoms with van der Waals surface area (Å²) in [6, 6.07) is 0. The van der Waals surface area contributed by atoms with Gasteiger partial charge in [-0.2, -0.15) is 0 Å². The summed E-state index contributed by atoms with van der Waals surface area (Å²) >= 11 is 0. The molecule has 0 N–H and O–H groups in total. The van der Waals surface area contributed by atoms with Gasteiger partial charge in [-0.05, 0) is 109 Å². The van der Waals surface area contributed by atoms with Gasteiger partial charge < -0.3 is 14.2 Å². The average Bonchev–Trinajstić information content (AvgIpc) is 3.47. The summed E-state index contributed by atoms with van der Waals surface area (Å²) in [5, 5.41) is 0. The number of hydrogen-bond acceptors (Lipinski definition) is 6. The molecule has 0 rings (SSSR count). The van der Waals surface area contributed by atoms with Crippen LogP contribution in [-0.4, -0.2) is 37.2 Å². The van der Waals surface area contributed by atoms with Crippen molar-refractivity contribution in [2.75, 3.05) is 13.2 Å². The number of hydrogen-bond donors (Lipinski definition) is 0. The van der Waals surface area contributed by atoms with E-state index < -0.39 is 12.1 Å². The molecule has 464 valence electrons. The van der Waals surface area contributed by atoms with Gasteiger partial charge in [0.2, 0.25) is 0 Å². The molecule has 0 spiro atoms. The van der Waals surface area contributed by atoms with Gasteiger partial charge in [0.1, 0.15) is 13.2 Å². The molecular formula is C75H128O6. The standard InChI is InChI=1S/C75H128O6/c1-4-7-10-13-16-19-22-25-28-30-32-34-35-36-37-38-39-41-42-44-47-50-53-56-59-62-65-68-74(77)80-71-72(70-79-73(76)67-64-61-58-55-52-49-46-27-24-21-18-15-12-9-6-3)81-75(78)69-66-63-60-57-54-51-48-45-43-40-33-31-29-26-23-20-17-14-11-8-5-2/h9,12,18,21-22,25,27,30-33,35-36,46,52,55,61,64,72H,4-8,10-11,13-17,19-20,23-24,26,28-29,34,37-45,47-51,53-54,56-60,62-63,65-71H2,1-3H3/b12-9-,21-18-,25-22-,32-30-,33-31-,36-35-,46-27-,55-52-,64-61-. The third kappa shape index (κ3) is 66.8. The second kappa shape index (κ2) is 68.6. The van der Waals surface area contributed by atoms with Crippen molar-refractivity contribution in [1.29, 1.82) is 0 Å². The fourth-order valence-corrected chi connectivity index (χ4v) is 9.64. The predicted molar refractivity (Wildman–Crippen MR) is 353 cm³/mol. The minimum Gasteiger partial charge on any atom is -0.462 e. The van der Waals surface area contributed by atoms with Crippen molar-refractivity contribution >= 4 is 17.9 Å². The van der Waals surface area contributed by atoms with Gasteiger partial charge in [-0.1, -0.05) is 310 Å². The number of unbranched alkanes of at least 4 members (excludes halogenated alkanes) is 34. The molecule has 0 aliphatic heterocycles. The molecule has 81 heavy (non-hydrogen) atoms. The Bertz CT molecular complexity index is 1620. The Balaban J connectivity index is 4.38. The van der Waals surface area contributed by atoms with Crippen molar-refractivity contribution in [1.82, 2.24) is 0 Å². The number of rotatable bonds is 62. The third-order valence-corrected chi connectivity index (χ3v) is 14.8. The first kappa shape index (κ1) is 77.1. The van der Waals surface area contributed by atoms with E-state index in [4.69, 9.17) is 14.2 Å². The fourth-order valence-electron chi connectivity index (χ4n) is 9.64. The molecule has 0 bridgehead atoms. The zero-order valence-corrected chi connectivity index (χ0v) is 53.3. The van der Waals surface area contributed by atoms with Crippen LogP contribution in [0.1, 0.15) is 329 Å². The van der Waals surface area contributed by atoms with Crippen molar-refractivity contribution in [3.8, 4) is 0 Å². The Kier molecular flexibility index (Phi) is 65.2. The molecular weight excluding hydrogens is 997 g/mol. The Morgan fingerprint density at radius 3 is 0.877 bits per heavy atom. The Morgan fingerprint density at radius 2 is 0.531 bits per heavy atom. The van der Waals surface area contributed by atoms with Crippen molar-refractivity contribution in [2.24, 2.45) is 0 Å². The van der Waals surface area contributed by atoms with E-state index in [-0.39, 0.29) is 31.6 Å². The van der Waals surface area contributed by atoms with Crippen LogP contribution in [0.3, 0.4) is 0 Å². The zero-order valence-electron chi connectivity index (χ0n) is 53.3. The van der Waals surface area contributed by atoms with E-state index in [1.165, 1.54) is 205 Å². The summed E-state index contributed by atoms with van der Waals surface area (Å²) in [5.41, 5.74) is 0. The van der Waals surface area contributed by atoms with Gasteiger partial charge in [-0.15, -0.1) is 0 Å². The number of carbonyl (C=O) groups excluding carboxylic acids is 3. The van der Waals surface area contributed by atoms with Crippen molar-refractivity contribution in [3.05, 3.63) is 109 Å². The summed E-state index contributed by atoms with van der Waals surface area (Å²) < 4.78 is 16.9. The van der Waals surface area contributed by atoms with E-state index in [9.17, 15) is 14.4 Å². The number of esters is 3. The van der Waals surface area contributed by atoms with Gasteiger partial charge in [0.05, 0.1) is 6.42 Å². The van der Waals surface area contributed by atoms with Gasteiger partial charge >= 0.3 is 17.9 Å². The minimum atomic E-state index is -0.823. The molecule has 1 unspecified atom stereocenters. The van der Waals surface area contributed by atoms with Gasteiger partial charge in [0, 0.05) is 12.8 Å². The van der Waals surface area contributed by atoms with E-state index >= 15 is 0 Å². The van der Waals surface area contributed by atoms with Crippen molar-refractivity contribution < 1.29 is 28.6 Å². The lowest BCUT2D eigenvalue weighted by Crippen LogP contribution is -2.30. The molecule has 0 aromatic heterocycles. The van der Waals surface area contributed by atoms with E-state index in [0.717, 1.165) is 83.5 Å². The summed E-state index contributed by atoms with van der Waals surface area (Å²) in [6.45, 7) is 6.46. The van der Waals surface area contributed by atoms with E-state index in [1.807, 2.05) is 6.08 Å². The topological polar surface area (TPSA) is 78.9 Å². The molecule has 6 nitrogen and oxygen atoms in total. The molecule has 0 saturated heterocycles. The fraction of sp³-hybridized carbons (Fsp3) is 0.720. The van der Waals surface area contributed by atoms with Crippen molar-refractivity contribution in [2.45, 2.75) is 335 Å². The third-order valence-electron chi connectivity index (χ3n) is 14.8. The largest absolute Gasteiger partial charge is 0.462 e. The molecule has 0 aromatic rings. The maximum absolute atomic E-state index is 12.9. The molecule has 0 fully saturated rings. The van der Waals surface area contributed by atoms with Gasteiger partial charge in [-0.25, -0.2) is 0 Å². The quantitative estimate of drug-likeness (QED) is 0.0261. The monoisotopic (exact) mass is 1120 g/mol. The molecule has 0 aliphatic carbocycles. The van der Waals surface area contributed by atoms with Crippen LogP contribution in [0.2, 0.25) is 0 Å². The highest BCUT2D eigenvalue weighted by atomic mass is 16.6. The highest BCUT2D eigenvalue weighted by molar-refractivity contribution is 5.72. The summed E-state index contributed by atoms with van der Waals surface area (Å²) in [6.07, 6.45) is 94.2. The van der Waals surface area contributed by atoms with Crippen LogP contribution >= 0.6 is 0 Å². The molecule has 0 saturated carbocycles. The van der Waals surface area contributed by atoms with Crippen LogP contribution < -0.4 is 0 Å². The Morgan fingerprint density at radius 1 is 0.272 bits per heavy atom. The van der Waals surface area contributed by atoms with Crippen LogP contribution in [0.25, 0.3) is 0 Å². The van der Waals surface area contributed by atoms with E-state index in [1.54, 1.807) is 6.08 Å². The van der Waals surface area contributed by atoms with Gasteiger partial charge in [-0.3, -0.25) is 14.4 Å². The maximum atomic E-state index is 12.9. The number of ether oxygens (including phenoxy) is 3. The van der Waals surface area contributed by atoms with Crippen LogP contribution in [0.15, 0.2) is 109 Å². The summed E-state index contributed by atoms with van der Waals surface area (Å²) in [4.78, 5) is 38.3. The predicted octanol–water partition coefficient (Wildman–Crippen LogP) is 23.8. The molecule has 0 aliphatic rings. The normalized spacial score (nSPS) is 12.8. The average molecular weight is 1130 g/mol. The smallest absolute Gasteiger partial charge is 0.309 e. The van der Waals surface area contributed by atoms with Gasteiger partial charge in [0.25, 0.3) is 0 Å². The first-order valence-electron chi connectivity index (χ1n) is 34.4. The molecule has 0 amide bonds. The van der Waals surface area contributed by atoms with Crippen LogP contribution in [0, 0.1) is 0 Å². The molecule has 0 radical (unpaired) electrons. The zero-order chi connectivity index (χ0) is 58.5. The Hall–Kier alpha value is -3.93. The molecule has 1 atom stereocenters. The lowest BCUT2D eigenvalue weighted by atomic mass is 10.0. The summed E-state index contributed by atoms with van der Waals surface area (Å²) in [7, 11) is 0. The lowest BCUT2D eigenvalue weighted by molar-refractivity contribution is -0.166. The second-order valence-corrected chi connectivity index (χ2v) is 22.7. The first-order chi connectivity index (χ1) is 40.0.